The van der Waals surface area contributed by atoms with Crippen LogP contribution in [-0.2, 0) is 9.47 Å². The minimum atomic E-state index is -0.401. The van der Waals surface area contributed by atoms with Crippen molar-refractivity contribution in [3.05, 3.63) is 23.8 Å². The fourth-order valence-electron chi connectivity index (χ4n) is 2.25. The zero-order valence-corrected chi connectivity index (χ0v) is 11.9. The third-order valence-electron chi connectivity index (χ3n) is 3.20. The molecule has 2 N–H and O–H groups in total. The van der Waals surface area contributed by atoms with Crippen LogP contribution in [0.1, 0.15) is 37.0 Å². The highest BCUT2D eigenvalue weighted by molar-refractivity contribution is 5.91. The molecule has 20 heavy (non-hydrogen) atoms. The second kappa shape index (κ2) is 6.61. The Morgan fingerprint density at radius 3 is 2.85 bits per heavy atom. The molecule has 1 aliphatic rings. The zero-order valence-electron chi connectivity index (χ0n) is 11.9. The van der Waals surface area contributed by atoms with Gasteiger partial charge in [-0.15, -0.1) is 0 Å². The van der Waals surface area contributed by atoms with Crippen LogP contribution in [0.25, 0.3) is 0 Å². The van der Waals surface area contributed by atoms with Gasteiger partial charge in [-0.25, -0.2) is 4.79 Å². The molecule has 1 aromatic rings. The smallest absolute Gasteiger partial charge is 0.338 e. The Bertz CT molecular complexity index is 475. The Morgan fingerprint density at radius 2 is 2.20 bits per heavy atom. The Hall–Kier alpha value is -1.75. The van der Waals surface area contributed by atoms with Crippen molar-refractivity contribution in [1.29, 1.82) is 0 Å². The average Bonchev–Trinajstić information content (AvgIpc) is 2.81. The average molecular weight is 279 g/mol. The van der Waals surface area contributed by atoms with E-state index in [9.17, 15) is 4.79 Å². The molecule has 0 bridgehead atoms. The summed E-state index contributed by atoms with van der Waals surface area (Å²) >= 11 is 0. The van der Waals surface area contributed by atoms with Crippen molar-refractivity contribution in [2.45, 2.75) is 38.9 Å². The molecule has 5 heteroatoms. The molecule has 0 aliphatic carbocycles. The van der Waals surface area contributed by atoms with Gasteiger partial charge in [0, 0.05) is 11.8 Å². The van der Waals surface area contributed by atoms with E-state index < -0.39 is 5.97 Å². The highest BCUT2D eigenvalue weighted by atomic mass is 16.6. The van der Waals surface area contributed by atoms with Crippen LogP contribution in [0.2, 0.25) is 0 Å². The van der Waals surface area contributed by atoms with Crippen LogP contribution in [0.4, 0.5) is 5.69 Å². The van der Waals surface area contributed by atoms with Crippen LogP contribution in [-0.4, -0.2) is 31.4 Å². The summed E-state index contributed by atoms with van der Waals surface area (Å²) in [4.78, 5) is 12.0. The first kappa shape index (κ1) is 14.7. The van der Waals surface area contributed by atoms with Crippen LogP contribution in [0.15, 0.2) is 18.2 Å². The minimum Gasteiger partial charge on any atom is -0.494 e. The molecule has 0 spiro atoms. The fraction of sp³-hybridized carbons (Fsp3) is 0.533. The molecule has 1 aliphatic heterocycles. The fourth-order valence-corrected chi connectivity index (χ4v) is 2.25. The Labute approximate surface area is 119 Å². The summed E-state index contributed by atoms with van der Waals surface area (Å²) in [7, 11) is 0. The molecule has 110 valence electrons. The normalized spacial score (nSPS) is 21.7. The van der Waals surface area contributed by atoms with E-state index in [1.165, 1.54) is 0 Å². The van der Waals surface area contributed by atoms with Crippen LogP contribution in [0.5, 0.6) is 5.75 Å². The van der Waals surface area contributed by atoms with Crippen molar-refractivity contribution >= 4 is 11.7 Å². The Kier molecular flexibility index (Phi) is 4.84. The lowest BCUT2D eigenvalue weighted by Crippen LogP contribution is -2.19. The van der Waals surface area contributed by atoms with E-state index in [2.05, 4.69) is 0 Å². The first-order chi connectivity index (χ1) is 9.58. The predicted molar refractivity (Wildman–Crippen MR) is 75.9 cm³/mol. The molecule has 2 unspecified atom stereocenters. The standard InChI is InChI=1S/C15H21NO4/c1-3-18-14-7-11(6-12(16)8-14)15(17)19-9-13-5-4-10(2)20-13/h6-8,10,13H,3-5,9,16H2,1-2H3. The zero-order chi connectivity index (χ0) is 14.5. The molecule has 0 aromatic heterocycles. The highest BCUT2D eigenvalue weighted by Gasteiger charge is 2.23. The van der Waals surface area contributed by atoms with E-state index in [1.807, 2.05) is 13.8 Å². The van der Waals surface area contributed by atoms with Crippen molar-refractivity contribution in [3.63, 3.8) is 0 Å². The third-order valence-corrected chi connectivity index (χ3v) is 3.20. The van der Waals surface area contributed by atoms with Gasteiger partial charge in [-0.3, -0.25) is 0 Å². The number of benzene rings is 1. The minimum absolute atomic E-state index is 0.00127. The number of rotatable bonds is 5. The number of carbonyl (C=O) groups is 1. The number of hydrogen-bond acceptors (Lipinski definition) is 5. The molecule has 0 radical (unpaired) electrons. The van der Waals surface area contributed by atoms with Gasteiger partial charge in [0.2, 0.25) is 0 Å². The lowest BCUT2D eigenvalue weighted by atomic mass is 10.2. The van der Waals surface area contributed by atoms with Crippen molar-refractivity contribution in [2.75, 3.05) is 18.9 Å². The molecule has 1 heterocycles. The second-order valence-electron chi connectivity index (χ2n) is 4.97. The summed E-state index contributed by atoms with van der Waals surface area (Å²) in [5.41, 5.74) is 6.63. The largest absolute Gasteiger partial charge is 0.494 e. The van der Waals surface area contributed by atoms with Crippen molar-refractivity contribution < 1.29 is 19.0 Å². The molecular weight excluding hydrogens is 258 g/mol. The summed E-state index contributed by atoms with van der Waals surface area (Å²) in [6.07, 6.45) is 2.18. The maximum atomic E-state index is 12.0. The molecule has 5 nitrogen and oxygen atoms in total. The first-order valence-electron chi connectivity index (χ1n) is 6.94. The number of carbonyl (C=O) groups excluding carboxylic acids is 1. The number of nitrogen functional groups attached to an aromatic ring is 1. The van der Waals surface area contributed by atoms with E-state index in [0.717, 1.165) is 12.8 Å². The van der Waals surface area contributed by atoms with E-state index in [1.54, 1.807) is 18.2 Å². The summed E-state index contributed by atoms with van der Waals surface area (Å²) in [5, 5.41) is 0. The Morgan fingerprint density at radius 1 is 1.40 bits per heavy atom. The van der Waals surface area contributed by atoms with E-state index >= 15 is 0 Å². The summed E-state index contributed by atoms with van der Waals surface area (Å²) in [6, 6.07) is 4.91. The summed E-state index contributed by atoms with van der Waals surface area (Å²) in [5.74, 6) is 0.173. The topological polar surface area (TPSA) is 70.8 Å². The van der Waals surface area contributed by atoms with E-state index in [4.69, 9.17) is 19.9 Å². The van der Waals surface area contributed by atoms with Crippen molar-refractivity contribution in [2.24, 2.45) is 0 Å². The maximum Gasteiger partial charge on any atom is 0.338 e. The van der Waals surface area contributed by atoms with Crippen LogP contribution >= 0.6 is 0 Å². The molecule has 1 fully saturated rings. The monoisotopic (exact) mass is 279 g/mol. The lowest BCUT2D eigenvalue weighted by molar-refractivity contribution is -0.00267. The quantitative estimate of drug-likeness (QED) is 0.662. The first-order valence-corrected chi connectivity index (χ1v) is 6.94. The van der Waals surface area contributed by atoms with Crippen molar-refractivity contribution in [3.8, 4) is 5.75 Å². The van der Waals surface area contributed by atoms with Gasteiger partial charge in [0.25, 0.3) is 0 Å². The third kappa shape index (κ3) is 3.87. The summed E-state index contributed by atoms with van der Waals surface area (Å²) < 4.78 is 16.2. The van der Waals surface area contributed by atoms with Gasteiger partial charge < -0.3 is 19.9 Å². The highest BCUT2D eigenvalue weighted by Crippen LogP contribution is 2.22. The lowest BCUT2D eigenvalue weighted by Gasteiger charge is -2.12. The number of esters is 1. The van der Waals surface area contributed by atoms with Crippen LogP contribution in [0.3, 0.4) is 0 Å². The number of hydrogen-bond donors (Lipinski definition) is 1. The predicted octanol–water partition coefficient (Wildman–Crippen LogP) is 2.39. The van der Waals surface area contributed by atoms with Crippen LogP contribution < -0.4 is 10.5 Å². The molecule has 0 saturated carbocycles. The molecule has 2 atom stereocenters. The maximum absolute atomic E-state index is 12.0. The van der Waals surface area contributed by atoms with Gasteiger partial charge in [-0.05, 0) is 38.8 Å². The van der Waals surface area contributed by atoms with Gasteiger partial charge in [-0.1, -0.05) is 0 Å². The van der Waals surface area contributed by atoms with Gasteiger partial charge in [0.15, 0.2) is 0 Å². The second-order valence-corrected chi connectivity index (χ2v) is 4.97. The van der Waals surface area contributed by atoms with Gasteiger partial charge in [-0.2, -0.15) is 0 Å². The number of ether oxygens (including phenoxy) is 3. The SMILES string of the molecule is CCOc1cc(N)cc(C(=O)OCC2CCC(C)O2)c1. The van der Waals surface area contributed by atoms with Crippen LogP contribution in [0, 0.1) is 0 Å². The number of anilines is 1. The van der Waals surface area contributed by atoms with Gasteiger partial charge in [0.1, 0.15) is 12.4 Å². The Balaban J connectivity index is 1.94. The summed E-state index contributed by atoms with van der Waals surface area (Å²) in [6.45, 7) is 4.70. The van der Waals surface area contributed by atoms with Gasteiger partial charge >= 0.3 is 5.97 Å². The van der Waals surface area contributed by atoms with Gasteiger partial charge in [0.05, 0.1) is 24.4 Å². The molecule has 1 saturated heterocycles. The molecule has 0 amide bonds. The van der Waals surface area contributed by atoms with E-state index in [0.29, 0.717) is 23.6 Å². The van der Waals surface area contributed by atoms with E-state index in [-0.39, 0.29) is 18.8 Å². The van der Waals surface area contributed by atoms with Crippen molar-refractivity contribution in [1.82, 2.24) is 0 Å². The molecule has 1 aromatic carbocycles. The molecule has 2 rings (SSSR count). The number of nitrogens with two attached hydrogens (primary N) is 1. The molecular formula is C15H21NO4.